The van der Waals surface area contributed by atoms with Gasteiger partial charge in [0.2, 0.25) is 0 Å². The Bertz CT molecular complexity index is 942. The molecule has 1 aromatic rings. The van der Waals surface area contributed by atoms with Gasteiger partial charge in [0.25, 0.3) is 5.91 Å². The Labute approximate surface area is 233 Å². The zero-order chi connectivity index (χ0) is 24.6. The van der Waals surface area contributed by atoms with Crippen LogP contribution in [0.4, 0.5) is 10.5 Å². The lowest BCUT2D eigenvalue weighted by molar-refractivity contribution is -0.140. The molecule has 2 aliphatic heterocycles. The molecule has 0 aromatic heterocycles. The van der Waals surface area contributed by atoms with E-state index in [1.165, 1.54) is 0 Å². The van der Waals surface area contributed by atoms with Crippen molar-refractivity contribution in [3.05, 3.63) is 21.8 Å². The van der Waals surface area contributed by atoms with Crippen molar-refractivity contribution in [1.82, 2.24) is 10.6 Å². The second-order valence-corrected chi connectivity index (χ2v) is 11.6. The largest absolute Gasteiger partial charge is 0.392 e. The Morgan fingerprint density at radius 1 is 1.00 bits per heavy atom. The van der Waals surface area contributed by atoms with Crippen LogP contribution in [0.5, 0.6) is 0 Å². The van der Waals surface area contributed by atoms with Crippen LogP contribution in [0.1, 0.15) is 43.6 Å². The summed E-state index contributed by atoms with van der Waals surface area (Å²) < 4.78 is 24.2. The predicted octanol–water partition coefficient (Wildman–Crippen LogP) is 3.10. The topological polar surface area (TPSA) is 127 Å². The first kappa shape index (κ1) is 27.5. The van der Waals surface area contributed by atoms with Gasteiger partial charge in [-0.2, -0.15) is 0 Å². The van der Waals surface area contributed by atoms with Crippen molar-refractivity contribution in [2.75, 3.05) is 25.1 Å². The smallest absolute Gasteiger partial charge is 0.321 e. The maximum Gasteiger partial charge on any atom is 0.321 e. The quantitative estimate of drug-likeness (QED) is 0.326. The summed E-state index contributed by atoms with van der Waals surface area (Å²) in [7, 11) is 0. The molecule has 13 heteroatoms. The molecule has 0 spiro atoms. The third kappa shape index (κ3) is 6.79. The van der Waals surface area contributed by atoms with Gasteiger partial charge in [-0.1, -0.05) is 0 Å². The minimum Gasteiger partial charge on any atom is -0.392 e. The average molecular weight is 801 g/mol. The molecule has 0 radical (unpaired) electrons. The van der Waals surface area contributed by atoms with E-state index in [0.29, 0.717) is 34.1 Å². The Morgan fingerprint density at radius 2 is 1.64 bits per heavy atom. The van der Waals surface area contributed by atoms with Gasteiger partial charge in [-0.15, -0.1) is 0 Å². The maximum atomic E-state index is 13.1. The highest BCUT2D eigenvalue weighted by Gasteiger charge is 2.35. The number of anilines is 1. The van der Waals surface area contributed by atoms with Gasteiger partial charge < -0.3 is 40.0 Å². The van der Waals surface area contributed by atoms with Gasteiger partial charge in [-0.3, -0.25) is 4.79 Å². The number of ether oxygens (including phenoxy) is 4. The predicted molar refractivity (Wildman–Crippen MR) is 145 cm³/mol. The second-order valence-electron chi connectivity index (χ2n) is 8.41. The molecule has 0 saturated carbocycles. The van der Waals surface area contributed by atoms with Crippen molar-refractivity contribution >= 4 is 85.4 Å². The van der Waals surface area contributed by atoms with E-state index in [2.05, 4.69) is 38.5 Å². The number of nitrogens with one attached hydrogen (secondary N) is 3. The summed E-state index contributed by atoms with van der Waals surface area (Å²) in [4.78, 5) is 25.8. The fourth-order valence-corrected chi connectivity index (χ4v) is 7.64. The molecule has 2 saturated heterocycles. The van der Waals surface area contributed by atoms with Gasteiger partial charge in [0.05, 0.1) is 34.6 Å². The Hall–Kier alpha value is -0.0500. The van der Waals surface area contributed by atoms with Crippen molar-refractivity contribution in [1.29, 1.82) is 0 Å². The van der Waals surface area contributed by atoms with Crippen molar-refractivity contribution in [3.8, 4) is 0 Å². The number of amides is 3. The van der Waals surface area contributed by atoms with Gasteiger partial charge in [-0.05, 0) is 95.5 Å². The molecule has 0 aliphatic carbocycles. The molecule has 2 unspecified atom stereocenters. The first-order valence-electron chi connectivity index (χ1n) is 10.1. The Kier molecular flexibility index (Phi) is 9.11. The summed E-state index contributed by atoms with van der Waals surface area (Å²) >= 11 is 6.13. The minimum absolute atomic E-state index is 0.223. The van der Waals surface area contributed by atoms with Crippen LogP contribution in [0.3, 0.4) is 0 Å². The normalized spacial score (nSPS) is 23.4. The fraction of sp³-hybridized carbons (Fsp3) is 0.600. The molecule has 2 heterocycles. The zero-order valence-corrected chi connectivity index (χ0v) is 25.0. The molecule has 2 aliphatic rings. The Balaban J connectivity index is 1.78. The van der Waals surface area contributed by atoms with E-state index in [1.807, 2.05) is 59.0 Å². The number of aliphatic hydroxyl groups excluding tert-OH is 1. The van der Waals surface area contributed by atoms with Crippen molar-refractivity contribution in [2.45, 2.75) is 58.2 Å². The molecule has 2 fully saturated rings. The molecule has 1 aromatic carbocycles. The lowest BCUT2D eigenvalue weighted by Crippen LogP contribution is -2.41. The van der Waals surface area contributed by atoms with Gasteiger partial charge in [0.15, 0.2) is 17.8 Å². The molecular weight excluding hydrogens is 775 g/mol. The van der Waals surface area contributed by atoms with Crippen LogP contribution in [0.15, 0.2) is 0 Å². The number of aliphatic hydroxyl groups is 1. The molecule has 4 N–H and O–H groups in total. The maximum absolute atomic E-state index is 13.1. The van der Waals surface area contributed by atoms with E-state index in [9.17, 15) is 14.7 Å². The van der Waals surface area contributed by atoms with E-state index in [-0.39, 0.29) is 31.8 Å². The standard InChI is InChI=1S/C20H26I3N3O7/c1-19(2)30-7-9(32-19)5-24-17(28)12-13(21)10(6-27)14(22)16(15(12)23)26-18(29)25-11-8-31-20(3,4)33-11/h9,11,27H,5-8H2,1-4H3,(H,24,28)(H2,25,26,29). The molecule has 10 nitrogen and oxygen atoms in total. The minimum atomic E-state index is -0.776. The molecule has 0 bridgehead atoms. The number of halogens is 3. The average Bonchev–Trinajstić information content (AvgIpc) is 3.24. The second kappa shape index (κ2) is 10.9. The molecule has 2 atom stereocenters. The van der Waals surface area contributed by atoms with Gasteiger partial charge >= 0.3 is 6.03 Å². The summed E-state index contributed by atoms with van der Waals surface area (Å²) in [6.07, 6.45) is -0.862. The van der Waals surface area contributed by atoms with Gasteiger partial charge in [0.1, 0.15) is 6.10 Å². The summed E-state index contributed by atoms with van der Waals surface area (Å²) in [5.74, 6) is -1.79. The van der Waals surface area contributed by atoms with Gasteiger partial charge in [0, 0.05) is 19.2 Å². The van der Waals surface area contributed by atoms with E-state index >= 15 is 0 Å². The van der Waals surface area contributed by atoms with Crippen molar-refractivity contribution in [2.24, 2.45) is 0 Å². The van der Waals surface area contributed by atoms with Crippen LogP contribution in [-0.4, -0.2) is 60.7 Å². The monoisotopic (exact) mass is 801 g/mol. The summed E-state index contributed by atoms with van der Waals surface area (Å²) in [5.41, 5.74) is 1.36. The van der Waals surface area contributed by atoms with Crippen molar-refractivity contribution < 1.29 is 33.6 Å². The summed E-state index contributed by atoms with van der Waals surface area (Å²) in [6, 6.07) is -0.507. The highest BCUT2D eigenvalue weighted by molar-refractivity contribution is 14.1. The lowest BCUT2D eigenvalue weighted by Gasteiger charge is -2.21. The van der Waals surface area contributed by atoms with Crippen LogP contribution in [-0.2, 0) is 25.6 Å². The van der Waals surface area contributed by atoms with E-state index in [0.717, 1.165) is 0 Å². The number of hydrogen-bond donors (Lipinski definition) is 4. The third-order valence-electron chi connectivity index (χ3n) is 4.89. The first-order chi connectivity index (χ1) is 15.3. The Morgan fingerprint density at radius 3 is 2.18 bits per heavy atom. The summed E-state index contributed by atoms with van der Waals surface area (Å²) in [6.45, 7) is 7.76. The zero-order valence-electron chi connectivity index (χ0n) is 18.5. The third-order valence-corrected chi connectivity index (χ3v) is 8.35. The van der Waals surface area contributed by atoms with E-state index in [4.69, 9.17) is 18.9 Å². The van der Waals surface area contributed by atoms with E-state index < -0.39 is 23.8 Å². The molecule has 3 amide bonds. The van der Waals surface area contributed by atoms with Crippen LogP contribution in [0, 0.1) is 10.7 Å². The van der Waals surface area contributed by atoms with Gasteiger partial charge in [-0.25, -0.2) is 4.79 Å². The molecule has 184 valence electrons. The van der Waals surface area contributed by atoms with Crippen LogP contribution in [0.2, 0.25) is 0 Å². The fourth-order valence-electron chi connectivity index (χ4n) is 3.38. The molecule has 3 rings (SSSR count). The number of carbonyl (C=O) groups is 2. The number of benzene rings is 1. The van der Waals surface area contributed by atoms with Crippen LogP contribution < -0.4 is 16.0 Å². The van der Waals surface area contributed by atoms with Crippen LogP contribution in [0.25, 0.3) is 0 Å². The van der Waals surface area contributed by atoms with E-state index in [1.54, 1.807) is 13.8 Å². The number of carbonyl (C=O) groups excluding carboxylic acids is 2. The SMILES string of the molecule is CC1(C)OCC(CNC(=O)c2c(I)c(CO)c(I)c(NC(=O)NC3COC(C)(C)O3)c2I)O1. The number of rotatable bonds is 6. The molecule has 33 heavy (non-hydrogen) atoms. The lowest BCUT2D eigenvalue weighted by atomic mass is 10.1. The number of urea groups is 1. The van der Waals surface area contributed by atoms with Crippen molar-refractivity contribution in [3.63, 3.8) is 0 Å². The van der Waals surface area contributed by atoms with Crippen LogP contribution >= 0.6 is 67.8 Å². The highest BCUT2D eigenvalue weighted by Crippen LogP contribution is 2.36. The first-order valence-corrected chi connectivity index (χ1v) is 13.4. The molecular formula is C20H26I3N3O7. The number of hydrogen-bond acceptors (Lipinski definition) is 7. The summed E-state index contributed by atoms with van der Waals surface area (Å²) in [5, 5.41) is 18.3. The highest BCUT2D eigenvalue weighted by atomic mass is 127.